The van der Waals surface area contributed by atoms with Gasteiger partial charge in [0.25, 0.3) is 0 Å². The zero-order valence-corrected chi connectivity index (χ0v) is 21.2. The number of aliphatic imine (C=N–C) groups is 1. The van der Waals surface area contributed by atoms with Gasteiger partial charge in [-0.2, -0.15) is 0 Å². The Morgan fingerprint density at radius 1 is 1.13 bits per heavy atom. The van der Waals surface area contributed by atoms with Crippen LogP contribution in [0.5, 0.6) is 0 Å². The van der Waals surface area contributed by atoms with Gasteiger partial charge < -0.3 is 20.4 Å². The number of rotatable bonds is 8. The highest BCUT2D eigenvalue weighted by atomic mass is 127. The molecule has 0 amide bonds. The molecule has 30 heavy (non-hydrogen) atoms. The minimum absolute atomic E-state index is 0. The van der Waals surface area contributed by atoms with Gasteiger partial charge in [0.2, 0.25) is 0 Å². The Labute approximate surface area is 200 Å². The third-order valence-corrected chi connectivity index (χ3v) is 6.11. The topological polar surface area (TPSA) is 55.8 Å². The third-order valence-electron chi connectivity index (χ3n) is 6.11. The molecule has 1 aromatic heterocycles. The van der Waals surface area contributed by atoms with Crippen LogP contribution in [0.3, 0.4) is 0 Å². The van der Waals surface area contributed by atoms with Crippen LogP contribution in [0.4, 0.5) is 5.82 Å². The van der Waals surface area contributed by atoms with E-state index in [2.05, 4.69) is 51.4 Å². The van der Waals surface area contributed by atoms with Gasteiger partial charge in [-0.1, -0.05) is 6.42 Å². The number of nitrogens with one attached hydrogen (secondary N) is 2. The van der Waals surface area contributed by atoms with Gasteiger partial charge in [-0.25, -0.2) is 9.98 Å². The lowest BCUT2D eigenvalue weighted by Crippen LogP contribution is -2.41. The molecule has 0 aromatic carbocycles. The molecule has 2 N–H and O–H groups in total. The lowest BCUT2D eigenvalue weighted by molar-refractivity contribution is 0.159. The minimum Gasteiger partial charge on any atom is -0.357 e. The summed E-state index contributed by atoms with van der Waals surface area (Å²) >= 11 is 0. The van der Waals surface area contributed by atoms with Crippen molar-refractivity contribution in [2.45, 2.75) is 71.4 Å². The van der Waals surface area contributed by atoms with E-state index in [0.29, 0.717) is 6.54 Å². The number of hydrogen-bond donors (Lipinski definition) is 2. The fourth-order valence-electron chi connectivity index (χ4n) is 4.35. The summed E-state index contributed by atoms with van der Waals surface area (Å²) in [5, 5.41) is 6.89. The number of anilines is 1. The second-order valence-electron chi connectivity index (χ2n) is 8.43. The zero-order chi connectivity index (χ0) is 20.3. The molecule has 2 aliphatic heterocycles. The number of nitrogens with zero attached hydrogens (tertiary/aromatic N) is 4. The van der Waals surface area contributed by atoms with Gasteiger partial charge in [0.05, 0.1) is 6.54 Å². The second kappa shape index (κ2) is 14.1. The van der Waals surface area contributed by atoms with Gasteiger partial charge in [-0.15, -0.1) is 24.0 Å². The van der Waals surface area contributed by atoms with Crippen molar-refractivity contribution in [1.29, 1.82) is 0 Å². The first-order valence-electron chi connectivity index (χ1n) is 11.7. The molecule has 170 valence electrons. The highest BCUT2D eigenvalue weighted by molar-refractivity contribution is 14.0. The fraction of sp³-hybridized carbons (Fsp3) is 0.739. The van der Waals surface area contributed by atoms with Crippen LogP contribution in [0, 0.1) is 0 Å². The SMILES string of the molecule is CCNC(=NCc1ccnc(N2CCCCC2)c1)NCCCN1CCCCC1C.I. The van der Waals surface area contributed by atoms with Crippen molar-refractivity contribution in [2.75, 3.05) is 44.2 Å². The van der Waals surface area contributed by atoms with E-state index in [1.165, 1.54) is 57.2 Å². The van der Waals surface area contributed by atoms with Gasteiger partial charge in [-0.3, -0.25) is 0 Å². The van der Waals surface area contributed by atoms with Crippen LogP contribution < -0.4 is 15.5 Å². The van der Waals surface area contributed by atoms with Crippen LogP contribution in [0.1, 0.15) is 64.4 Å². The molecular formula is C23H41IN6. The van der Waals surface area contributed by atoms with Gasteiger partial charge >= 0.3 is 0 Å². The van der Waals surface area contributed by atoms with E-state index in [1.54, 1.807) is 0 Å². The predicted octanol–water partition coefficient (Wildman–Crippen LogP) is 4.01. The van der Waals surface area contributed by atoms with Crippen molar-refractivity contribution in [1.82, 2.24) is 20.5 Å². The number of hydrogen-bond acceptors (Lipinski definition) is 4. The van der Waals surface area contributed by atoms with E-state index in [1.807, 2.05) is 6.20 Å². The Hall–Kier alpha value is -1.09. The zero-order valence-electron chi connectivity index (χ0n) is 18.9. The van der Waals surface area contributed by atoms with Gasteiger partial charge in [0.15, 0.2) is 5.96 Å². The molecule has 0 aliphatic carbocycles. The Morgan fingerprint density at radius 3 is 2.70 bits per heavy atom. The summed E-state index contributed by atoms with van der Waals surface area (Å²) < 4.78 is 0. The van der Waals surface area contributed by atoms with E-state index >= 15 is 0 Å². The smallest absolute Gasteiger partial charge is 0.191 e. The van der Waals surface area contributed by atoms with Crippen LogP contribution in [0.25, 0.3) is 0 Å². The normalized spacial score (nSPS) is 20.5. The molecule has 0 bridgehead atoms. The number of likely N-dealkylation sites (tertiary alicyclic amines) is 1. The van der Waals surface area contributed by atoms with Gasteiger partial charge in [0.1, 0.15) is 5.82 Å². The minimum atomic E-state index is 0. The van der Waals surface area contributed by atoms with E-state index in [4.69, 9.17) is 4.99 Å². The van der Waals surface area contributed by atoms with Crippen molar-refractivity contribution in [3.8, 4) is 0 Å². The average Bonchev–Trinajstić information content (AvgIpc) is 2.77. The molecule has 6 nitrogen and oxygen atoms in total. The molecule has 7 heteroatoms. The molecule has 1 aromatic rings. The molecule has 1 unspecified atom stereocenters. The number of piperidine rings is 2. The highest BCUT2D eigenvalue weighted by Gasteiger charge is 2.17. The molecule has 1 atom stereocenters. The molecule has 2 aliphatic rings. The molecule has 0 radical (unpaired) electrons. The van der Waals surface area contributed by atoms with E-state index < -0.39 is 0 Å². The van der Waals surface area contributed by atoms with Gasteiger partial charge in [-0.05, 0) is 76.6 Å². The summed E-state index contributed by atoms with van der Waals surface area (Å²) in [4.78, 5) is 14.4. The summed E-state index contributed by atoms with van der Waals surface area (Å²) in [6.45, 7) is 11.7. The van der Waals surface area contributed by atoms with E-state index in [9.17, 15) is 0 Å². The van der Waals surface area contributed by atoms with Crippen LogP contribution in [-0.4, -0.2) is 61.2 Å². The lowest BCUT2D eigenvalue weighted by Gasteiger charge is -2.33. The summed E-state index contributed by atoms with van der Waals surface area (Å²) in [5.74, 6) is 2.02. The summed E-state index contributed by atoms with van der Waals surface area (Å²) in [6.07, 6.45) is 11.1. The lowest BCUT2D eigenvalue weighted by atomic mass is 10.0. The molecule has 0 spiro atoms. The molecular weight excluding hydrogens is 487 g/mol. The monoisotopic (exact) mass is 528 g/mol. The van der Waals surface area contributed by atoms with Crippen LogP contribution in [0.2, 0.25) is 0 Å². The summed E-state index contributed by atoms with van der Waals surface area (Å²) in [5.41, 5.74) is 1.22. The average molecular weight is 529 g/mol. The summed E-state index contributed by atoms with van der Waals surface area (Å²) in [6, 6.07) is 5.03. The molecule has 3 rings (SSSR count). The summed E-state index contributed by atoms with van der Waals surface area (Å²) in [7, 11) is 0. The Bertz CT molecular complexity index is 632. The van der Waals surface area contributed by atoms with E-state index in [-0.39, 0.29) is 24.0 Å². The van der Waals surface area contributed by atoms with Crippen molar-refractivity contribution in [2.24, 2.45) is 4.99 Å². The van der Waals surface area contributed by atoms with Crippen molar-refractivity contribution < 1.29 is 0 Å². The first-order valence-corrected chi connectivity index (χ1v) is 11.7. The van der Waals surface area contributed by atoms with Crippen molar-refractivity contribution >= 4 is 35.8 Å². The van der Waals surface area contributed by atoms with Crippen molar-refractivity contribution in [3.63, 3.8) is 0 Å². The molecule has 2 fully saturated rings. The third kappa shape index (κ3) is 8.21. The largest absolute Gasteiger partial charge is 0.357 e. The number of guanidine groups is 1. The second-order valence-corrected chi connectivity index (χ2v) is 8.43. The maximum atomic E-state index is 4.80. The maximum Gasteiger partial charge on any atom is 0.191 e. The van der Waals surface area contributed by atoms with Crippen LogP contribution in [-0.2, 0) is 6.54 Å². The Morgan fingerprint density at radius 2 is 1.93 bits per heavy atom. The van der Waals surface area contributed by atoms with Crippen LogP contribution in [0.15, 0.2) is 23.3 Å². The standard InChI is InChI=1S/C23H40N6.HI/c1-3-24-23(26-12-9-17-28-14-8-5-10-20(28)2)27-19-21-11-13-25-22(18-21)29-15-6-4-7-16-29;/h11,13,18,20H,3-10,12,14-17,19H2,1-2H3,(H2,24,26,27);1H. The number of halogens is 1. The number of pyridine rings is 1. The first-order chi connectivity index (χ1) is 14.3. The quantitative estimate of drug-likeness (QED) is 0.231. The van der Waals surface area contributed by atoms with Gasteiger partial charge in [0, 0.05) is 45.0 Å². The highest BCUT2D eigenvalue weighted by Crippen LogP contribution is 2.19. The van der Waals surface area contributed by atoms with E-state index in [0.717, 1.165) is 50.4 Å². The fourth-order valence-corrected chi connectivity index (χ4v) is 4.35. The maximum absolute atomic E-state index is 4.80. The first kappa shape index (κ1) is 25.2. The van der Waals surface area contributed by atoms with Crippen LogP contribution >= 0.6 is 24.0 Å². The number of aromatic nitrogens is 1. The Kier molecular flexibility index (Phi) is 11.8. The predicted molar refractivity (Wildman–Crippen MR) is 138 cm³/mol. The molecule has 3 heterocycles. The van der Waals surface area contributed by atoms with Crippen molar-refractivity contribution in [3.05, 3.63) is 23.9 Å². The molecule has 0 saturated carbocycles. The Balaban J connectivity index is 0.00000320. The molecule has 2 saturated heterocycles.